The molecule has 9 nitrogen and oxygen atoms in total. The van der Waals surface area contributed by atoms with Crippen LogP contribution in [0.25, 0.3) is 5.69 Å². The van der Waals surface area contributed by atoms with Crippen LogP contribution >= 0.6 is 0 Å². The van der Waals surface area contributed by atoms with Crippen molar-refractivity contribution in [3.63, 3.8) is 0 Å². The molecule has 2 aliphatic rings. The number of carbonyl (C=O) groups is 3. The van der Waals surface area contributed by atoms with Crippen LogP contribution in [-0.4, -0.2) is 62.7 Å². The van der Waals surface area contributed by atoms with Crippen LogP contribution in [0.5, 0.6) is 0 Å². The molecule has 1 fully saturated rings. The van der Waals surface area contributed by atoms with E-state index in [-0.39, 0.29) is 18.2 Å². The summed E-state index contributed by atoms with van der Waals surface area (Å²) in [6.07, 6.45) is 2.46. The van der Waals surface area contributed by atoms with Gasteiger partial charge in [-0.15, -0.1) is 5.10 Å². The summed E-state index contributed by atoms with van der Waals surface area (Å²) in [7, 11) is 3.92. The van der Waals surface area contributed by atoms with Crippen molar-refractivity contribution in [1.82, 2.24) is 30.1 Å². The molecule has 3 amide bonds. The number of benzene rings is 1. The number of hydrogen-bond acceptors (Lipinski definition) is 6. The van der Waals surface area contributed by atoms with Crippen LogP contribution in [0.4, 0.5) is 0 Å². The Morgan fingerprint density at radius 1 is 1.26 bits per heavy atom. The molecule has 1 unspecified atom stereocenters. The van der Waals surface area contributed by atoms with Gasteiger partial charge < -0.3 is 9.80 Å². The fourth-order valence-electron chi connectivity index (χ4n) is 3.52. The number of fused-ring (bicyclic) bond motifs is 1. The maximum absolute atomic E-state index is 12.7. The minimum absolute atomic E-state index is 0.182. The normalized spacial score (nSPS) is 19.6. The molecule has 0 aliphatic carbocycles. The Bertz CT molecular complexity index is 935. The van der Waals surface area contributed by atoms with E-state index in [4.69, 9.17) is 0 Å². The molecule has 2 aliphatic heterocycles. The smallest absolute Gasteiger partial charge is 0.255 e. The Morgan fingerprint density at radius 2 is 2.07 bits per heavy atom. The Kier molecular flexibility index (Phi) is 4.23. The van der Waals surface area contributed by atoms with Gasteiger partial charge in [0.15, 0.2) is 0 Å². The highest BCUT2D eigenvalue weighted by atomic mass is 16.2. The minimum Gasteiger partial charge on any atom is -0.322 e. The molecule has 1 atom stereocenters. The lowest BCUT2D eigenvalue weighted by Crippen LogP contribution is -2.52. The average molecular weight is 368 g/mol. The van der Waals surface area contributed by atoms with Crippen molar-refractivity contribution in [2.45, 2.75) is 32.0 Å². The lowest BCUT2D eigenvalue weighted by molar-refractivity contribution is -0.136. The van der Waals surface area contributed by atoms with Crippen molar-refractivity contribution < 1.29 is 14.4 Å². The molecule has 27 heavy (non-hydrogen) atoms. The summed E-state index contributed by atoms with van der Waals surface area (Å²) in [5.74, 6) is -0.877. The van der Waals surface area contributed by atoms with Crippen molar-refractivity contribution in [3.05, 3.63) is 41.2 Å². The number of nitrogens with one attached hydrogen (secondary N) is 1. The molecule has 140 valence electrons. The van der Waals surface area contributed by atoms with Gasteiger partial charge in [0.2, 0.25) is 11.8 Å². The molecule has 1 aromatic heterocycles. The second-order valence-corrected chi connectivity index (χ2v) is 7.13. The SMILES string of the molecule is CN(C)Cc1cn(-c2ccc3c(c2)CN(C2CCC(=O)NC2=O)C3=O)nn1. The molecule has 0 bridgehead atoms. The first-order chi connectivity index (χ1) is 12.9. The van der Waals surface area contributed by atoms with Crippen molar-refractivity contribution in [2.75, 3.05) is 14.1 Å². The van der Waals surface area contributed by atoms with Gasteiger partial charge in [0.05, 0.1) is 17.6 Å². The quantitative estimate of drug-likeness (QED) is 0.768. The number of hydrogen-bond donors (Lipinski definition) is 1. The van der Waals surface area contributed by atoms with Gasteiger partial charge >= 0.3 is 0 Å². The van der Waals surface area contributed by atoms with Crippen molar-refractivity contribution in [2.24, 2.45) is 0 Å². The van der Waals surface area contributed by atoms with Gasteiger partial charge in [-0.2, -0.15) is 0 Å². The topological polar surface area (TPSA) is 100 Å². The van der Waals surface area contributed by atoms with Crippen LogP contribution in [0.2, 0.25) is 0 Å². The Morgan fingerprint density at radius 3 is 2.81 bits per heavy atom. The fourth-order valence-corrected chi connectivity index (χ4v) is 3.52. The summed E-state index contributed by atoms with van der Waals surface area (Å²) >= 11 is 0. The number of piperidine rings is 1. The summed E-state index contributed by atoms with van der Waals surface area (Å²) in [5, 5.41) is 10.6. The summed E-state index contributed by atoms with van der Waals surface area (Å²) in [6.45, 7) is 1.03. The first kappa shape index (κ1) is 17.3. The Labute approximate surface area is 155 Å². The molecule has 3 heterocycles. The summed E-state index contributed by atoms with van der Waals surface area (Å²) in [4.78, 5) is 39.7. The molecule has 0 spiro atoms. The van der Waals surface area contributed by atoms with E-state index in [1.165, 1.54) is 4.90 Å². The first-order valence-corrected chi connectivity index (χ1v) is 8.76. The van der Waals surface area contributed by atoms with E-state index in [0.717, 1.165) is 16.9 Å². The van der Waals surface area contributed by atoms with E-state index in [1.54, 1.807) is 10.7 Å². The third-order valence-electron chi connectivity index (χ3n) is 4.79. The lowest BCUT2D eigenvalue weighted by atomic mass is 10.0. The lowest BCUT2D eigenvalue weighted by Gasteiger charge is -2.29. The molecule has 1 saturated heterocycles. The second kappa shape index (κ2) is 6.58. The zero-order valence-corrected chi connectivity index (χ0v) is 15.2. The van der Waals surface area contributed by atoms with Gasteiger partial charge in [-0.1, -0.05) is 5.21 Å². The molecule has 9 heteroatoms. The van der Waals surface area contributed by atoms with Gasteiger partial charge in [-0.3, -0.25) is 19.7 Å². The van der Waals surface area contributed by atoms with Gasteiger partial charge in [-0.25, -0.2) is 4.68 Å². The monoisotopic (exact) mass is 368 g/mol. The Hall–Kier alpha value is -3.07. The fraction of sp³-hybridized carbons (Fsp3) is 0.389. The molecule has 2 aromatic rings. The second-order valence-electron chi connectivity index (χ2n) is 7.13. The van der Waals surface area contributed by atoms with Crippen LogP contribution in [0.3, 0.4) is 0 Å². The number of nitrogens with zero attached hydrogens (tertiary/aromatic N) is 5. The zero-order valence-electron chi connectivity index (χ0n) is 15.2. The van der Waals surface area contributed by atoms with E-state index >= 15 is 0 Å². The number of carbonyl (C=O) groups excluding carboxylic acids is 3. The molecule has 0 radical (unpaired) electrons. The number of aromatic nitrogens is 3. The van der Waals surface area contributed by atoms with Crippen LogP contribution in [0.1, 0.15) is 34.5 Å². The zero-order chi connectivity index (χ0) is 19.1. The highest BCUT2D eigenvalue weighted by Crippen LogP contribution is 2.29. The predicted molar refractivity (Wildman–Crippen MR) is 94.8 cm³/mol. The maximum Gasteiger partial charge on any atom is 0.255 e. The molecule has 0 saturated carbocycles. The van der Waals surface area contributed by atoms with Gasteiger partial charge in [0.25, 0.3) is 5.91 Å². The minimum atomic E-state index is -0.607. The number of amides is 3. The van der Waals surface area contributed by atoms with E-state index in [0.29, 0.717) is 25.1 Å². The molecule has 1 N–H and O–H groups in total. The van der Waals surface area contributed by atoms with Crippen molar-refractivity contribution in [1.29, 1.82) is 0 Å². The summed E-state index contributed by atoms with van der Waals surface area (Å²) < 4.78 is 1.68. The van der Waals surface area contributed by atoms with Crippen LogP contribution in [0.15, 0.2) is 24.4 Å². The van der Waals surface area contributed by atoms with Crippen LogP contribution < -0.4 is 5.32 Å². The summed E-state index contributed by atoms with van der Waals surface area (Å²) in [6, 6.07) is 4.86. The molecule has 1 aromatic carbocycles. The van der Waals surface area contributed by atoms with Gasteiger partial charge in [-0.05, 0) is 44.3 Å². The van der Waals surface area contributed by atoms with Crippen LogP contribution in [0, 0.1) is 0 Å². The molecular formula is C18H20N6O3. The first-order valence-electron chi connectivity index (χ1n) is 8.76. The molecule has 4 rings (SSSR count). The van der Waals surface area contributed by atoms with E-state index in [9.17, 15) is 14.4 Å². The maximum atomic E-state index is 12.7. The van der Waals surface area contributed by atoms with Gasteiger partial charge in [0.1, 0.15) is 6.04 Å². The van der Waals surface area contributed by atoms with E-state index in [2.05, 4.69) is 15.6 Å². The van der Waals surface area contributed by atoms with Crippen molar-refractivity contribution in [3.8, 4) is 5.69 Å². The largest absolute Gasteiger partial charge is 0.322 e. The van der Waals surface area contributed by atoms with Crippen molar-refractivity contribution >= 4 is 17.7 Å². The third-order valence-corrected chi connectivity index (χ3v) is 4.79. The highest BCUT2D eigenvalue weighted by molar-refractivity contribution is 6.05. The third kappa shape index (κ3) is 3.21. The van der Waals surface area contributed by atoms with Crippen LogP contribution in [-0.2, 0) is 22.7 Å². The predicted octanol–water partition coefficient (Wildman–Crippen LogP) is 0.0899. The van der Waals surface area contributed by atoms with E-state index < -0.39 is 11.9 Å². The van der Waals surface area contributed by atoms with E-state index in [1.807, 2.05) is 37.3 Å². The average Bonchev–Trinajstić information content (AvgIpc) is 3.19. The standard InChI is InChI=1S/C18H20N6O3/c1-22(2)9-12-10-24(21-20-12)13-3-4-14-11(7-13)8-23(18(14)27)15-5-6-16(25)19-17(15)26/h3-4,7,10,15H,5-6,8-9H2,1-2H3,(H,19,25,26). The number of imide groups is 1. The highest BCUT2D eigenvalue weighted by Gasteiger charge is 2.39. The summed E-state index contributed by atoms with van der Waals surface area (Å²) in [5.41, 5.74) is 3.08. The Balaban J connectivity index is 1.56. The number of rotatable bonds is 4. The van der Waals surface area contributed by atoms with Gasteiger partial charge in [0, 0.05) is 25.1 Å². The molecular weight excluding hydrogens is 348 g/mol.